The molecule has 2 aromatic rings. The molecule has 1 amide bonds. The van der Waals surface area contributed by atoms with Crippen LogP contribution in [0.5, 0.6) is 0 Å². The second-order valence-corrected chi connectivity index (χ2v) is 10.5. The maximum Gasteiger partial charge on any atom is 0.338 e. The molecule has 172 valence electrons. The van der Waals surface area contributed by atoms with E-state index in [1.165, 1.54) is 47.6 Å². The lowest BCUT2D eigenvalue weighted by atomic mass is 10.2. The van der Waals surface area contributed by atoms with Gasteiger partial charge in [0.2, 0.25) is 10.0 Å². The molecular formula is C21H21Cl3N2O5S. The summed E-state index contributed by atoms with van der Waals surface area (Å²) in [7, 11) is -3.85. The number of piperidine rings is 1. The summed E-state index contributed by atoms with van der Waals surface area (Å²) in [5, 5.41) is 3.24. The third kappa shape index (κ3) is 5.94. The maximum atomic E-state index is 13.0. The van der Waals surface area contributed by atoms with Crippen molar-refractivity contribution in [1.29, 1.82) is 0 Å². The zero-order valence-corrected chi connectivity index (χ0v) is 20.2. The summed E-state index contributed by atoms with van der Waals surface area (Å²) in [4.78, 5) is 24.8. The van der Waals surface area contributed by atoms with E-state index in [0.717, 1.165) is 19.3 Å². The van der Waals surface area contributed by atoms with E-state index in [1.807, 2.05) is 0 Å². The highest BCUT2D eigenvalue weighted by Gasteiger charge is 2.29. The number of esters is 1. The van der Waals surface area contributed by atoms with Gasteiger partial charge < -0.3 is 10.1 Å². The molecule has 7 nitrogen and oxygen atoms in total. The number of anilines is 1. The molecule has 0 saturated carbocycles. The molecule has 1 N–H and O–H groups in total. The van der Waals surface area contributed by atoms with Gasteiger partial charge in [-0.15, -0.1) is 0 Å². The molecule has 0 bridgehead atoms. The average Bonchev–Trinajstić information content (AvgIpc) is 2.73. The molecule has 0 aliphatic carbocycles. The molecule has 0 radical (unpaired) electrons. The fourth-order valence-electron chi connectivity index (χ4n) is 3.22. The smallest absolute Gasteiger partial charge is 0.338 e. The molecule has 1 heterocycles. The predicted octanol–water partition coefficient (Wildman–Crippen LogP) is 5.01. The van der Waals surface area contributed by atoms with Gasteiger partial charge in [0.1, 0.15) is 4.90 Å². The number of sulfonamides is 1. The van der Waals surface area contributed by atoms with Crippen molar-refractivity contribution < 1.29 is 22.7 Å². The Morgan fingerprint density at radius 2 is 1.62 bits per heavy atom. The van der Waals surface area contributed by atoms with Crippen molar-refractivity contribution in [2.45, 2.75) is 37.2 Å². The average molecular weight is 520 g/mol. The molecule has 0 aromatic heterocycles. The first-order valence-electron chi connectivity index (χ1n) is 9.85. The minimum absolute atomic E-state index is 0.00995. The van der Waals surface area contributed by atoms with Crippen LogP contribution in [0, 0.1) is 0 Å². The van der Waals surface area contributed by atoms with Crippen LogP contribution >= 0.6 is 34.8 Å². The Labute approximate surface area is 201 Å². The standard InChI is InChI=1S/C21H21Cl3N2O5S/c1-13(20(27)25-17-11-15(22)10-16(23)12-17)31-21(28)14-5-6-18(24)19(9-14)32(29,30)26-7-3-2-4-8-26/h5-6,9-13H,2-4,7-8H2,1H3,(H,25,27). The van der Waals surface area contributed by atoms with Gasteiger partial charge in [-0.1, -0.05) is 41.2 Å². The van der Waals surface area contributed by atoms with Crippen molar-refractivity contribution in [3.05, 3.63) is 57.0 Å². The molecule has 32 heavy (non-hydrogen) atoms. The molecule has 2 aromatic carbocycles. The lowest BCUT2D eigenvalue weighted by Gasteiger charge is -2.26. The van der Waals surface area contributed by atoms with Gasteiger partial charge in [0.05, 0.1) is 10.6 Å². The van der Waals surface area contributed by atoms with Gasteiger partial charge in [-0.05, 0) is 56.2 Å². The number of hydrogen-bond acceptors (Lipinski definition) is 5. The van der Waals surface area contributed by atoms with Gasteiger partial charge in [-0.2, -0.15) is 4.31 Å². The third-order valence-corrected chi connectivity index (χ3v) is 7.70. The Hall–Kier alpha value is -1.84. The molecule has 1 aliphatic heterocycles. The summed E-state index contributed by atoms with van der Waals surface area (Å²) in [6, 6.07) is 8.36. The number of hydrogen-bond donors (Lipinski definition) is 1. The van der Waals surface area contributed by atoms with Gasteiger partial charge in [-0.25, -0.2) is 13.2 Å². The largest absolute Gasteiger partial charge is 0.449 e. The highest BCUT2D eigenvalue weighted by Crippen LogP contribution is 2.28. The molecule has 3 rings (SSSR count). The maximum absolute atomic E-state index is 13.0. The molecule has 1 saturated heterocycles. The first kappa shape index (κ1) is 24.8. The molecule has 1 unspecified atom stereocenters. The fraction of sp³-hybridized carbons (Fsp3) is 0.333. The minimum atomic E-state index is -3.85. The number of rotatable bonds is 6. The Balaban J connectivity index is 1.73. The summed E-state index contributed by atoms with van der Waals surface area (Å²) in [5.41, 5.74) is 0.312. The molecule has 1 atom stereocenters. The molecular weight excluding hydrogens is 499 g/mol. The van der Waals surface area contributed by atoms with E-state index in [4.69, 9.17) is 39.5 Å². The van der Waals surface area contributed by atoms with Crippen LogP contribution < -0.4 is 5.32 Å². The normalized spacial score (nSPS) is 15.8. The van der Waals surface area contributed by atoms with Crippen molar-refractivity contribution >= 4 is 62.4 Å². The molecule has 1 aliphatic rings. The number of carbonyl (C=O) groups is 2. The van der Waals surface area contributed by atoms with Crippen LogP contribution in [0.25, 0.3) is 0 Å². The van der Waals surface area contributed by atoms with Crippen molar-refractivity contribution in [3.63, 3.8) is 0 Å². The van der Waals surface area contributed by atoms with Crippen LogP contribution in [0.3, 0.4) is 0 Å². The van der Waals surface area contributed by atoms with E-state index in [-0.39, 0.29) is 15.5 Å². The van der Waals surface area contributed by atoms with Crippen molar-refractivity contribution in [3.8, 4) is 0 Å². The van der Waals surface area contributed by atoms with Crippen molar-refractivity contribution in [2.24, 2.45) is 0 Å². The summed E-state index contributed by atoms with van der Waals surface area (Å²) in [6.45, 7) is 2.19. The second-order valence-electron chi connectivity index (χ2n) is 7.30. The molecule has 11 heteroatoms. The Morgan fingerprint density at radius 1 is 1.00 bits per heavy atom. The van der Waals surface area contributed by atoms with Gasteiger partial charge >= 0.3 is 5.97 Å². The van der Waals surface area contributed by atoms with E-state index in [9.17, 15) is 18.0 Å². The monoisotopic (exact) mass is 518 g/mol. The van der Waals surface area contributed by atoms with Gasteiger partial charge in [0.25, 0.3) is 5.91 Å². The summed E-state index contributed by atoms with van der Waals surface area (Å²) in [6.07, 6.45) is 1.33. The van der Waals surface area contributed by atoms with Crippen LogP contribution in [0.1, 0.15) is 36.5 Å². The van der Waals surface area contributed by atoms with E-state index in [1.54, 1.807) is 0 Å². The Morgan fingerprint density at radius 3 is 2.25 bits per heavy atom. The van der Waals surface area contributed by atoms with E-state index < -0.39 is 28.0 Å². The number of amides is 1. The first-order chi connectivity index (χ1) is 15.1. The SMILES string of the molecule is CC(OC(=O)c1ccc(Cl)c(S(=O)(=O)N2CCCCC2)c1)C(=O)Nc1cc(Cl)cc(Cl)c1. The number of nitrogens with one attached hydrogen (secondary N) is 1. The summed E-state index contributed by atoms with van der Waals surface area (Å²) in [5.74, 6) is -1.46. The zero-order chi connectivity index (χ0) is 23.5. The zero-order valence-electron chi connectivity index (χ0n) is 17.1. The number of ether oxygens (including phenoxy) is 1. The third-order valence-electron chi connectivity index (χ3n) is 4.88. The topological polar surface area (TPSA) is 92.8 Å². The van der Waals surface area contributed by atoms with E-state index in [0.29, 0.717) is 28.8 Å². The lowest BCUT2D eigenvalue weighted by molar-refractivity contribution is -0.123. The lowest BCUT2D eigenvalue weighted by Crippen LogP contribution is -2.36. The highest BCUT2D eigenvalue weighted by molar-refractivity contribution is 7.89. The number of nitrogens with zero attached hydrogens (tertiary/aromatic N) is 1. The number of carbonyl (C=O) groups excluding carboxylic acids is 2. The first-order valence-corrected chi connectivity index (χ1v) is 12.4. The van der Waals surface area contributed by atoms with Crippen LogP contribution in [0.4, 0.5) is 5.69 Å². The quantitative estimate of drug-likeness (QED) is 0.542. The van der Waals surface area contributed by atoms with E-state index in [2.05, 4.69) is 5.32 Å². The van der Waals surface area contributed by atoms with Crippen LogP contribution in [-0.2, 0) is 19.6 Å². The molecule has 0 spiro atoms. The Bertz CT molecular complexity index is 1110. The van der Waals surface area contributed by atoms with E-state index >= 15 is 0 Å². The van der Waals surface area contributed by atoms with Crippen LogP contribution in [0.2, 0.25) is 15.1 Å². The Kier molecular flexibility index (Phi) is 8.06. The minimum Gasteiger partial charge on any atom is -0.449 e. The van der Waals surface area contributed by atoms with Crippen LogP contribution in [0.15, 0.2) is 41.3 Å². The van der Waals surface area contributed by atoms with Gasteiger partial charge in [0.15, 0.2) is 6.10 Å². The number of halogens is 3. The fourth-order valence-corrected chi connectivity index (χ4v) is 5.77. The number of benzene rings is 2. The summed E-state index contributed by atoms with van der Waals surface area (Å²) >= 11 is 18.0. The molecule has 1 fully saturated rings. The predicted molar refractivity (Wildman–Crippen MR) is 124 cm³/mol. The highest BCUT2D eigenvalue weighted by atomic mass is 35.5. The van der Waals surface area contributed by atoms with Crippen molar-refractivity contribution in [1.82, 2.24) is 4.31 Å². The van der Waals surface area contributed by atoms with Crippen molar-refractivity contribution in [2.75, 3.05) is 18.4 Å². The summed E-state index contributed by atoms with van der Waals surface area (Å²) < 4.78 is 32.5. The second kappa shape index (κ2) is 10.4. The van der Waals surface area contributed by atoms with Gasteiger partial charge in [0, 0.05) is 28.8 Å². The van der Waals surface area contributed by atoms with Crippen LogP contribution in [-0.4, -0.2) is 43.8 Å². The van der Waals surface area contributed by atoms with Gasteiger partial charge in [-0.3, -0.25) is 4.79 Å².